The standard InChI is InChI=1S/C18H26N2O/c1-17(2,3)13-18(4,5)20-16(21)11-10-14-6-8-15(12-19)9-7-14/h6-9H,10-11,13H2,1-5H3,(H,20,21). The second kappa shape index (κ2) is 6.76. The van der Waals surface area contributed by atoms with E-state index in [1.165, 1.54) is 0 Å². The van der Waals surface area contributed by atoms with Crippen LogP contribution >= 0.6 is 0 Å². The Bertz CT molecular complexity index is 516. The van der Waals surface area contributed by atoms with Crippen LogP contribution in [0.5, 0.6) is 0 Å². The van der Waals surface area contributed by atoms with Crippen molar-refractivity contribution in [2.45, 2.75) is 59.4 Å². The zero-order valence-electron chi connectivity index (χ0n) is 13.8. The summed E-state index contributed by atoms with van der Waals surface area (Å²) in [6, 6.07) is 9.49. The van der Waals surface area contributed by atoms with Gasteiger partial charge in [0.1, 0.15) is 0 Å². The molecular weight excluding hydrogens is 260 g/mol. The number of nitrogens with one attached hydrogen (secondary N) is 1. The molecule has 0 saturated carbocycles. The number of nitrogens with zero attached hydrogens (tertiary/aromatic N) is 1. The van der Waals surface area contributed by atoms with Crippen molar-refractivity contribution in [1.82, 2.24) is 5.32 Å². The van der Waals surface area contributed by atoms with Gasteiger partial charge in [-0.2, -0.15) is 5.26 Å². The van der Waals surface area contributed by atoms with Crippen LogP contribution in [0, 0.1) is 16.7 Å². The minimum Gasteiger partial charge on any atom is -0.351 e. The molecule has 0 fully saturated rings. The SMILES string of the molecule is CC(C)(C)CC(C)(C)NC(=O)CCc1ccc(C#N)cc1. The van der Waals surface area contributed by atoms with Crippen LogP contribution in [-0.2, 0) is 11.2 Å². The highest BCUT2D eigenvalue weighted by Crippen LogP contribution is 2.26. The number of carbonyl (C=O) groups excluding carboxylic acids is 1. The van der Waals surface area contributed by atoms with Crippen LogP contribution in [0.1, 0.15) is 58.6 Å². The second-order valence-electron chi connectivity index (χ2n) is 7.48. The summed E-state index contributed by atoms with van der Waals surface area (Å²) in [5, 5.41) is 11.9. The monoisotopic (exact) mass is 286 g/mol. The molecule has 1 rings (SSSR count). The van der Waals surface area contributed by atoms with Gasteiger partial charge in [0.2, 0.25) is 5.91 Å². The lowest BCUT2D eigenvalue weighted by Gasteiger charge is -2.33. The van der Waals surface area contributed by atoms with Crippen molar-refractivity contribution in [3.8, 4) is 6.07 Å². The minimum absolute atomic E-state index is 0.0774. The number of benzene rings is 1. The van der Waals surface area contributed by atoms with Gasteiger partial charge < -0.3 is 5.32 Å². The van der Waals surface area contributed by atoms with Gasteiger partial charge in [-0.1, -0.05) is 32.9 Å². The Balaban J connectivity index is 2.48. The molecule has 0 saturated heterocycles. The fourth-order valence-electron chi connectivity index (χ4n) is 2.81. The van der Waals surface area contributed by atoms with Gasteiger partial charge in [0.05, 0.1) is 11.6 Å². The van der Waals surface area contributed by atoms with Crippen molar-refractivity contribution >= 4 is 5.91 Å². The van der Waals surface area contributed by atoms with E-state index in [1.54, 1.807) is 12.1 Å². The molecule has 0 radical (unpaired) electrons. The molecular formula is C18H26N2O. The molecule has 0 atom stereocenters. The lowest BCUT2D eigenvalue weighted by atomic mass is 9.81. The number of rotatable bonds is 5. The van der Waals surface area contributed by atoms with Crippen molar-refractivity contribution < 1.29 is 4.79 Å². The molecule has 1 aromatic carbocycles. The summed E-state index contributed by atoms with van der Waals surface area (Å²) < 4.78 is 0. The Kier molecular flexibility index (Phi) is 5.54. The number of amides is 1. The third kappa shape index (κ3) is 6.94. The number of hydrogen-bond acceptors (Lipinski definition) is 2. The summed E-state index contributed by atoms with van der Waals surface area (Å²) in [7, 11) is 0. The second-order valence-corrected chi connectivity index (χ2v) is 7.48. The van der Waals surface area contributed by atoms with Crippen molar-refractivity contribution in [2.24, 2.45) is 5.41 Å². The zero-order valence-corrected chi connectivity index (χ0v) is 13.8. The first-order chi connectivity index (χ1) is 9.61. The average Bonchev–Trinajstić information content (AvgIpc) is 2.33. The third-order valence-electron chi connectivity index (χ3n) is 3.17. The molecule has 0 aliphatic heterocycles. The molecule has 3 heteroatoms. The maximum Gasteiger partial charge on any atom is 0.220 e. The normalized spacial score (nSPS) is 11.8. The van der Waals surface area contributed by atoms with E-state index in [0.717, 1.165) is 12.0 Å². The Morgan fingerprint density at radius 2 is 1.71 bits per heavy atom. The van der Waals surface area contributed by atoms with E-state index in [-0.39, 0.29) is 16.9 Å². The fraction of sp³-hybridized carbons (Fsp3) is 0.556. The maximum absolute atomic E-state index is 12.1. The summed E-state index contributed by atoms with van der Waals surface area (Å²) in [5.74, 6) is 0.0774. The zero-order chi connectivity index (χ0) is 16.1. The molecule has 1 N–H and O–H groups in total. The predicted molar refractivity (Wildman–Crippen MR) is 85.8 cm³/mol. The van der Waals surface area contributed by atoms with Crippen molar-refractivity contribution in [1.29, 1.82) is 5.26 Å². The Morgan fingerprint density at radius 1 is 1.14 bits per heavy atom. The Morgan fingerprint density at radius 3 is 2.19 bits per heavy atom. The average molecular weight is 286 g/mol. The predicted octanol–water partition coefficient (Wildman–Crippen LogP) is 3.82. The molecule has 0 aromatic heterocycles. The lowest BCUT2D eigenvalue weighted by molar-refractivity contribution is -0.122. The van der Waals surface area contributed by atoms with Crippen LogP contribution in [0.3, 0.4) is 0 Å². The molecule has 0 aliphatic carbocycles. The van der Waals surface area contributed by atoms with E-state index in [0.29, 0.717) is 18.4 Å². The number of hydrogen-bond donors (Lipinski definition) is 1. The molecule has 0 aliphatic rings. The first-order valence-electron chi connectivity index (χ1n) is 7.41. The van der Waals surface area contributed by atoms with Gasteiger partial charge >= 0.3 is 0 Å². The van der Waals surface area contributed by atoms with Crippen molar-refractivity contribution in [3.63, 3.8) is 0 Å². The molecule has 3 nitrogen and oxygen atoms in total. The van der Waals surface area contributed by atoms with E-state index in [4.69, 9.17) is 5.26 Å². The van der Waals surface area contributed by atoms with E-state index in [2.05, 4.69) is 46.0 Å². The van der Waals surface area contributed by atoms with Gasteiger partial charge in [0.25, 0.3) is 0 Å². The van der Waals surface area contributed by atoms with Crippen LogP contribution in [0.25, 0.3) is 0 Å². The summed E-state index contributed by atoms with van der Waals surface area (Å²) in [6.07, 6.45) is 2.10. The van der Waals surface area contributed by atoms with Gasteiger partial charge in [-0.05, 0) is 49.8 Å². The fourth-order valence-corrected chi connectivity index (χ4v) is 2.81. The lowest BCUT2D eigenvalue weighted by Crippen LogP contribution is -2.45. The summed E-state index contributed by atoms with van der Waals surface area (Å²) in [5.41, 5.74) is 1.72. The molecule has 21 heavy (non-hydrogen) atoms. The van der Waals surface area contributed by atoms with E-state index in [9.17, 15) is 4.79 Å². The van der Waals surface area contributed by atoms with Crippen molar-refractivity contribution in [2.75, 3.05) is 0 Å². The van der Waals surface area contributed by atoms with Gasteiger partial charge in [0.15, 0.2) is 0 Å². The molecule has 0 spiro atoms. The van der Waals surface area contributed by atoms with E-state index >= 15 is 0 Å². The Labute approximate surface area is 128 Å². The van der Waals surface area contributed by atoms with Gasteiger partial charge in [-0.25, -0.2) is 0 Å². The summed E-state index contributed by atoms with van der Waals surface area (Å²) in [4.78, 5) is 12.1. The molecule has 0 bridgehead atoms. The highest BCUT2D eigenvalue weighted by atomic mass is 16.1. The first-order valence-corrected chi connectivity index (χ1v) is 7.41. The Hall–Kier alpha value is -1.82. The molecule has 0 heterocycles. The smallest absolute Gasteiger partial charge is 0.220 e. The van der Waals surface area contributed by atoms with Gasteiger partial charge in [-0.3, -0.25) is 4.79 Å². The van der Waals surface area contributed by atoms with Crippen LogP contribution in [-0.4, -0.2) is 11.4 Å². The molecule has 114 valence electrons. The number of nitriles is 1. The number of aryl methyl sites for hydroxylation is 1. The van der Waals surface area contributed by atoms with Crippen LogP contribution in [0.15, 0.2) is 24.3 Å². The topological polar surface area (TPSA) is 52.9 Å². The largest absolute Gasteiger partial charge is 0.351 e. The summed E-state index contributed by atoms with van der Waals surface area (Å²) in [6.45, 7) is 10.7. The molecule has 0 unspecified atom stereocenters. The maximum atomic E-state index is 12.1. The third-order valence-corrected chi connectivity index (χ3v) is 3.17. The van der Waals surface area contributed by atoms with Crippen LogP contribution in [0.2, 0.25) is 0 Å². The number of carbonyl (C=O) groups is 1. The molecule has 1 aromatic rings. The highest BCUT2D eigenvalue weighted by Gasteiger charge is 2.26. The van der Waals surface area contributed by atoms with Crippen LogP contribution in [0.4, 0.5) is 0 Å². The first kappa shape index (κ1) is 17.2. The van der Waals surface area contributed by atoms with E-state index < -0.39 is 0 Å². The summed E-state index contributed by atoms with van der Waals surface area (Å²) >= 11 is 0. The molecule has 1 amide bonds. The quantitative estimate of drug-likeness (QED) is 0.894. The van der Waals surface area contributed by atoms with E-state index in [1.807, 2.05) is 12.1 Å². The van der Waals surface area contributed by atoms with Gasteiger partial charge in [0, 0.05) is 12.0 Å². The highest BCUT2D eigenvalue weighted by molar-refractivity contribution is 5.77. The van der Waals surface area contributed by atoms with Crippen LogP contribution < -0.4 is 5.32 Å². The van der Waals surface area contributed by atoms with Gasteiger partial charge in [-0.15, -0.1) is 0 Å². The van der Waals surface area contributed by atoms with Crippen molar-refractivity contribution in [3.05, 3.63) is 35.4 Å². The minimum atomic E-state index is -0.194.